The number of aromatic amines is 4. The van der Waals surface area contributed by atoms with Gasteiger partial charge in [-0.1, -0.05) is 23.2 Å². The number of aromatic nitrogens is 4. The zero-order valence-corrected chi connectivity index (χ0v) is 15.4. The average molecular weight is 428 g/mol. The molecule has 1 aromatic carbocycles. The second kappa shape index (κ2) is 6.71. The van der Waals surface area contributed by atoms with E-state index in [4.69, 9.17) is 27.9 Å². The highest BCUT2D eigenvalue weighted by molar-refractivity contribution is 6.35. The number of nitrogens with one attached hydrogen (secondary N) is 4. The van der Waals surface area contributed by atoms with Gasteiger partial charge in [-0.15, -0.1) is 0 Å². The lowest BCUT2D eigenvalue weighted by atomic mass is 9.85. The molecule has 1 aliphatic heterocycles. The summed E-state index contributed by atoms with van der Waals surface area (Å²) in [5.41, 5.74) is -4.28. The van der Waals surface area contributed by atoms with E-state index in [1.54, 1.807) is 0 Å². The largest absolute Gasteiger partial charge is 0.860 e. The van der Waals surface area contributed by atoms with Crippen molar-refractivity contribution in [1.82, 2.24) is 26.1 Å². The molecule has 0 saturated heterocycles. The van der Waals surface area contributed by atoms with Gasteiger partial charge in [0.15, 0.2) is 5.75 Å². The van der Waals surface area contributed by atoms with Gasteiger partial charge in [0.25, 0.3) is 11.1 Å². The summed E-state index contributed by atoms with van der Waals surface area (Å²) in [7, 11) is 0. The van der Waals surface area contributed by atoms with Crippen molar-refractivity contribution in [2.45, 2.75) is 5.92 Å². The molecule has 0 radical (unpaired) electrons. The average Bonchev–Trinajstić information content (AvgIpc) is 2.53. The van der Waals surface area contributed by atoms with E-state index in [0.717, 1.165) is 0 Å². The second-order valence-corrected chi connectivity index (χ2v) is 6.49. The fraction of sp³-hybridized carbons (Fsp3) is 0.0667. The van der Waals surface area contributed by atoms with E-state index < -0.39 is 39.9 Å². The Morgan fingerprint density at radius 1 is 0.893 bits per heavy atom. The number of rotatable bonds is 1. The van der Waals surface area contributed by atoms with Crippen molar-refractivity contribution < 1.29 is 9.84 Å². The molecular formula is C15H11Cl2N5O6. The molecule has 13 heteroatoms. The van der Waals surface area contributed by atoms with Crippen LogP contribution in [0.4, 0.5) is 0 Å². The maximum absolute atomic E-state index is 12.4. The van der Waals surface area contributed by atoms with Gasteiger partial charge in [0.2, 0.25) is 5.88 Å². The third kappa shape index (κ3) is 2.91. The van der Waals surface area contributed by atoms with Crippen LogP contribution in [-0.4, -0.2) is 19.9 Å². The van der Waals surface area contributed by atoms with Crippen LogP contribution in [0.2, 0.25) is 10.0 Å². The van der Waals surface area contributed by atoms with Gasteiger partial charge in [0, 0.05) is 16.1 Å². The zero-order valence-electron chi connectivity index (χ0n) is 13.9. The third-order valence-corrected chi connectivity index (χ3v) is 4.52. The number of benzene rings is 1. The van der Waals surface area contributed by atoms with Crippen LogP contribution < -0.4 is 38.5 Å². The summed E-state index contributed by atoms with van der Waals surface area (Å²) < 4.78 is 5.53. The van der Waals surface area contributed by atoms with E-state index in [1.165, 1.54) is 12.1 Å². The third-order valence-electron chi connectivity index (χ3n) is 4.02. The summed E-state index contributed by atoms with van der Waals surface area (Å²) in [6.45, 7) is 0. The Hall–Kier alpha value is -3.28. The van der Waals surface area contributed by atoms with Crippen molar-refractivity contribution in [2.75, 3.05) is 0 Å². The Labute approximate surface area is 163 Å². The molecule has 0 saturated carbocycles. The number of hydrogen-bond acceptors (Lipinski definition) is 6. The van der Waals surface area contributed by atoms with Gasteiger partial charge in [0.1, 0.15) is 0 Å². The molecule has 2 aromatic heterocycles. The molecule has 28 heavy (non-hydrogen) atoms. The van der Waals surface area contributed by atoms with Crippen LogP contribution >= 0.6 is 23.2 Å². The smallest absolute Gasteiger partial charge is 0.328 e. The summed E-state index contributed by atoms with van der Waals surface area (Å²) in [5, 5.41) is 12.5. The molecule has 0 aliphatic carbocycles. The van der Waals surface area contributed by atoms with E-state index in [0.29, 0.717) is 0 Å². The van der Waals surface area contributed by atoms with Gasteiger partial charge in [-0.2, -0.15) is 0 Å². The fourth-order valence-electron chi connectivity index (χ4n) is 3.02. The van der Waals surface area contributed by atoms with Crippen LogP contribution in [0.1, 0.15) is 22.6 Å². The summed E-state index contributed by atoms with van der Waals surface area (Å²) >= 11 is 12.2. The Balaban J connectivity index is 0.00000225. The number of quaternary nitrogens is 1. The number of fused-ring (bicyclic) bond motifs is 2. The molecule has 0 spiro atoms. The standard InChI is InChI=1S/C15H8Cl2N4O6.H3N/c16-3-1-4-6(7-10(22)18-14(25)19-11(7)23)8-12(24)20-15(26)21-13(8)27-9(4)5(17)2-3;/h1-2,6H,(H2,20,21,24,26)(H3,18,19,22,23,25);1H3. The monoisotopic (exact) mass is 427 g/mol. The van der Waals surface area contributed by atoms with Gasteiger partial charge < -0.3 is 21.0 Å². The second-order valence-electron chi connectivity index (χ2n) is 5.64. The quantitative estimate of drug-likeness (QED) is 0.292. The minimum absolute atomic E-state index is 0. The van der Waals surface area contributed by atoms with Crippen molar-refractivity contribution in [1.29, 1.82) is 0 Å². The number of H-pyrrole nitrogens is 4. The van der Waals surface area contributed by atoms with Crippen molar-refractivity contribution in [2.24, 2.45) is 0 Å². The van der Waals surface area contributed by atoms with E-state index in [9.17, 15) is 24.3 Å². The van der Waals surface area contributed by atoms with E-state index in [1.807, 2.05) is 15.0 Å². The molecule has 1 atom stereocenters. The SMILES string of the molecule is O=c1[nH]c([O-])c(C2c3cc(Cl)cc(Cl)c3Oc3[nH]c(=O)[nH]c(=O)c32)c(=O)[nH]1.[NH4+]. The normalized spacial score (nSPS) is 14.4. The minimum atomic E-state index is -1.30. The van der Waals surface area contributed by atoms with Crippen molar-refractivity contribution in [3.63, 3.8) is 0 Å². The first-order valence-electron chi connectivity index (χ1n) is 7.33. The molecule has 0 bridgehead atoms. The lowest BCUT2D eigenvalue weighted by Gasteiger charge is -2.29. The minimum Gasteiger partial charge on any atom is -0.860 e. The Morgan fingerprint density at radius 3 is 2.14 bits per heavy atom. The van der Waals surface area contributed by atoms with Crippen molar-refractivity contribution in [3.8, 4) is 17.5 Å². The molecule has 3 heterocycles. The Bertz CT molecular complexity index is 1310. The lowest BCUT2D eigenvalue weighted by molar-refractivity contribution is -0.276. The first-order valence-corrected chi connectivity index (χ1v) is 8.08. The predicted octanol–water partition coefficient (Wildman–Crippen LogP) is 0.482. The molecule has 3 aromatic rings. The molecule has 0 fully saturated rings. The van der Waals surface area contributed by atoms with Crippen LogP contribution in [0, 0.1) is 0 Å². The van der Waals surface area contributed by atoms with Crippen LogP contribution in [0.3, 0.4) is 0 Å². The molecular weight excluding hydrogens is 417 g/mol. The van der Waals surface area contributed by atoms with E-state index in [-0.39, 0.29) is 39.0 Å². The van der Waals surface area contributed by atoms with E-state index >= 15 is 0 Å². The molecule has 1 aliphatic rings. The zero-order chi connectivity index (χ0) is 19.5. The number of halogens is 2. The van der Waals surface area contributed by atoms with Crippen LogP contribution in [-0.2, 0) is 0 Å². The molecule has 4 rings (SSSR count). The molecule has 0 amide bonds. The first kappa shape index (κ1) is 19.5. The van der Waals surface area contributed by atoms with E-state index in [2.05, 4.69) is 4.98 Å². The Kier molecular flexibility index (Phi) is 4.67. The highest BCUT2D eigenvalue weighted by atomic mass is 35.5. The summed E-state index contributed by atoms with van der Waals surface area (Å²) in [6, 6.07) is 2.72. The maximum Gasteiger partial charge on any atom is 0.328 e. The van der Waals surface area contributed by atoms with Gasteiger partial charge in [-0.3, -0.25) is 24.5 Å². The number of hydrogen-bond donors (Lipinski definition) is 5. The predicted molar refractivity (Wildman–Crippen MR) is 98.3 cm³/mol. The van der Waals surface area contributed by atoms with Crippen LogP contribution in [0.5, 0.6) is 17.5 Å². The van der Waals surface area contributed by atoms with Crippen molar-refractivity contribution >= 4 is 23.2 Å². The van der Waals surface area contributed by atoms with Gasteiger partial charge in [-0.05, 0) is 18.0 Å². The van der Waals surface area contributed by atoms with Crippen LogP contribution in [0.15, 0.2) is 31.3 Å². The van der Waals surface area contributed by atoms with Gasteiger partial charge in [-0.25, -0.2) is 9.59 Å². The topological polar surface area (TPSA) is 200 Å². The van der Waals surface area contributed by atoms with Gasteiger partial charge >= 0.3 is 11.4 Å². The highest BCUT2D eigenvalue weighted by Crippen LogP contribution is 2.48. The number of ether oxygens (including phenoxy) is 1. The van der Waals surface area contributed by atoms with Crippen molar-refractivity contribution in [3.05, 3.63) is 80.5 Å². The maximum atomic E-state index is 12.4. The lowest BCUT2D eigenvalue weighted by Crippen LogP contribution is -2.35. The summed E-state index contributed by atoms with van der Waals surface area (Å²) in [5.74, 6) is -2.58. The summed E-state index contributed by atoms with van der Waals surface area (Å²) in [4.78, 5) is 55.9. The molecule has 1 unspecified atom stereocenters. The molecule has 146 valence electrons. The highest BCUT2D eigenvalue weighted by Gasteiger charge is 2.36. The fourth-order valence-corrected chi connectivity index (χ4v) is 3.56. The molecule has 11 nitrogen and oxygen atoms in total. The van der Waals surface area contributed by atoms with Gasteiger partial charge in [0.05, 0.1) is 16.5 Å². The summed E-state index contributed by atoms with van der Waals surface area (Å²) in [6.07, 6.45) is 0. The molecule has 8 N–H and O–H groups in total. The first-order chi connectivity index (χ1) is 12.8. The Morgan fingerprint density at radius 2 is 1.50 bits per heavy atom. The van der Waals surface area contributed by atoms with Crippen LogP contribution in [0.25, 0.3) is 0 Å².